The number of carboxylic acids is 2. The maximum atomic E-state index is 12.8. The van der Waals surface area contributed by atoms with Crippen LogP contribution in [0.3, 0.4) is 0 Å². The molecule has 0 radical (unpaired) electrons. The maximum absolute atomic E-state index is 12.8. The molecule has 1 saturated heterocycles. The number of hydrogen-bond donors (Lipinski definition) is 8. The van der Waals surface area contributed by atoms with E-state index in [4.69, 9.17) is 14.6 Å². The second-order valence-corrected chi connectivity index (χ2v) is 12.2. The summed E-state index contributed by atoms with van der Waals surface area (Å²) in [6.45, 7) is 0.189. The minimum Gasteiger partial charge on any atom is -0.481 e. The molecule has 0 unspecified atom stereocenters. The summed E-state index contributed by atoms with van der Waals surface area (Å²) in [5.41, 5.74) is 2.02. The Balaban J connectivity index is 1.79. The van der Waals surface area contributed by atoms with Crippen LogP contribution in [-0.2, 0) is 34.2 Å². The van der Waals surface area contributed by atoms with Crippen LogP contribution in [-0.4, -0.2) is 106 Å². The van der Waals surface area contributed by atoms with Crippen molar-refractivity contribution in [1.82, 2.24) is 15.4 Å². The van der Waals surface area contributed by atoms with Gasteiger partial charge in [0.2, 0.25) is 5.91 Å². The number of carboxylic acid groups (broad SMARTS) is 2. The molecule has 2 amide bonds. The molecule has 17 heteroatoms. The van der Waals surface area contributed by atoms with Gasteiger partial charge in [-0.1, -0.05) is 48.9 Å². The number of unbranched alkanes of at least 4 members (excludes halogenated alkanes) is 2. The fraction of sp³-hybridized carbons (Fsp3) is 0.467. The van der Waals surface area contributed by atoms with Crippen molar-refractivity contribution in [3.05, 3.63) is 60.2 Å². The Hall–Kier alpha value is -3.97. The molecule has 16 nitrogen and oxygen atoms in total. The zero-order chi connectivity index (χ0) is 34.8. The fourth-order valence-corrected chi connectivity index (χ4v) is 5.77. The summed E-state index contributed by atoms with van der Waals surface area (Å²) >= 11 is 0. The quantitative estimate of drug-likeness (QED) is 0.0827. The fourth-order valence-electron chi connectivity index (χ4n) is 5.16. The van der Waals surface area contributed by atoms with Gasteiger partial charge in [0.05, 0.1) is 24.8 Å². The number of carbonyl (C=O) groups excluding carboxylic acids is 2. The summed E-state index contributed by atoms with van der Waals surface area (Å²) in [6, 6.07) is 12.8. The van der Waals surface area contributed by atoms with Crippen LogP contribution < -0.4 is 15.4 Å². The summed E-state index contributed by atoms with van der Waals surface area (Å²) in [4.78, 5) is 48.1. The Morgan fingerprint density at radius 3 is 2.19 bits per heavy atom. The molecule has 1 aliphatic heterocycles. The van der Waals surface area contributed by atoms with Gasteiger partial charge in [-0.15, -0.1) is 0 Å². The highest BCUT2D eigenvalue weighted by Crippen LogP contribution is 2.34. The van der Waals surface area contributed by atoms with Gasteiger partial charge in [-0.05, 0) is 36.1 Å². The molecule has 2 aromatic rings. The largest absolute Gasteiger partial charge is 0.481 e. The van der Waals surface area contributed by atoms with Crippen molar-refractivity contribution in [3.8, 4) is 11.1 Å². The highest BCUT2D eigenvalue weighted by atomic mass is 32.2. The molecule has 47 heavy (non-hydrogen) atoms. The zero-order valence-electron chi connectivity index (χ0n) is 25.4. The van der Waals surface area contributed by atoms with Gasteiger partial charge in [-0.3, -0.25) is 18.9 Å². The first-order valence-electron chi connectivity index (χ1n) is 14.7. The van der Waals surface area contributed by atoms with Crippen molar-refractivity contribution in [1.29, 1.82) is 0 Å². The molecule has 3 rings (SSSR count). The van der Waals surface area contributed by atoms with E-state index < -0.39 is 83.2 Å². The lowest BCUT2D eigenvalue weighted by atomic mass is 9.87. The normalized spacial score (nSPS) is 22.5. The van der Waals surface area contributed by atoms with Gasteiger partial charge in [0.1, 0.15) is 12.2 Å². The van der Waals surface area contributed by atoms with Crippen LogP contribution in [0.1, 0.15) is 49.4 Å². The third-order valence-corrected chi connectivity index (χ3v) is 8.03. The standard InChI is InChI=1S/C30H39N3O13S/c1-18(34)32-25-22(33-47(42,43)44)16-30(29(40)41,45-15-7-3-6-10-24(36)37)46-27(25)26(38)23(35)17-31-28(39)21-13-11-20(12-14-21)19-8-4-2-5-9-19/h2,4-5,8-9,11-14,22-23,25-27,33,35,38H,3,6-7,10,15-17H2,1H3,(H,31,39)(H,32,34)(H,36,37)(H,40,41)(H,42,43,44)/t22-,23+,25+,26+,27+,30+/m0/s1. The molecule has 1 fully saturated rings. The monoisotopic (exact) mass is 681 g/mol. The number of nitrogens with one attached hydrogen (secondary N) is 3. The Bertz CT molecular complexity index is 1490. The molecular weight excluding hydrogens is 642 g/mol. The van der Waals surface area contributed by atoms with Gasteiger partial charge >= 0.3 is 22.2 Å². The van der Waals surface area contributed by atoms with E-state index in [0.717, 1.165) is 18.1 Å². The lowest BCUT2D eigenvalue weighted by Gasteiger charge is -2.48. The van der Waals surface area contributed by atoms with E-state index in [0.29, 0.717) is 6.42 Å². The molecule has 6 atom stereocenters. The Morgan fingerprint density at radius 2 is 1.62 bits per heavy atom. The number of aliphatic hydroxyl groups is 2. The molecule has 1 aliphatic rings. The number of aliphatic carboxylic acids is 2. The second-order valence-electron chi connectivity index (χ2n) is 11.0. The molecule has 258 valence electrons. The van der Waals surface area contributed by atoms with Crippen LogP contribution in [0.2, 0.25) is 0 Å². The summed E-state index contributed by atoms with van der Waals surface area (Å²) < 4.78 is 46.2. The molecule has 1 heterocycles. The molecule has 8 N–H and O–H groups in total. The molecule has 0 bridgehead atoms. The van der Waals surface area contributed by atoms with Gasteiger partial charge in [-0.25, -0.2) is 4.79 Å². The van der Waals surface area contributed by atoms with E-state index in [1.165, 1.54) is 0 Å². The van der Waals surface area contributed by atoms with E-state index in [2.05, 4.69) is 10.6 Å². The SMILES string of the molecule is CC(=O)N[C@H]1[C@H]([C@H](O)[C@H](O)CNC(=O)c2ccc(-c3ccccc3)cc2)O[C@@](OCCCCCC(=O)O)(C(=O)O)C[C@@H]1NS(=O)(=O)O. The smallest absolute Gasteiger partial charge is 0.364 e. The second kappa shape index (κ2) is 16.7. The third-order valence-electron chi connectivity index (χ3n) is 7.43. The van der Waals surface area contributed by atoms with E-state index in [-0.39, 0.29) is 31.4 Å². The predicted octanol–water partition coefficient (Wildman–Crippen LogP) is 0.302. The van der Waals surface area contributed by atoms with Gasteiger partial charge in [0, 0.05) is 31.9 Å². The summed E-state index contributed by atoms with van der Waals surface area (Å²) in [7, 11) is -5.01. The number of carbonyl (C=O) groups is 4. The minimum atomic E-state index is -5.01. The number of aliphatic hydroxyl groups excluding tert-OH is 2. The zero-order valence-corrected chi connectivity index (χ0v) is 26.3. The Morgan fingerprint density at radius 1 is 0.979 bits per heavy atom. The number of amides is 2. The van der Waals surface area contributed by atoms with Gasteiger partial charge in [0.15, 0.2) is 0 Å². The van der Waals surface area contributed by atoms with E-state index >= 15 is 0 Å². The van der Waals surface area contributed by atoms with Crippen LogP contribution in [0.25, 0.3) is 11.1 Å². The van der Waals surface area contributed by atoms with Gasteiger partial charge < -0.3 is 40.5 Å². The topological polar surface area (TPSA) is 258 Å². The van der Waals surface area contributed by atoms with Crippen LogP contribution in [0, 0.1) is 0 Å². The van der Waals surface area contributed by atoms with Crippen molar-refractivity contribution < 1.29 is 62.0 Å². The van der Waals surface area contributed by atoms with E-state index in [9.17, 15) is 47.5 Å². The lowest BCUT2D eigenvalue weighted by Crippen LogP contribution is -2.71. The molecular formula is C30H39N3O13S. The van der Waals surface area contributed by atoms with Gasteiger partial charge in [-0.2, -0.15) is 13.1 Å². The van der Waals surface area contributed by atoms with Crippen LogP contribution in [0.5, 0.6) is 0 Å². The maximum Gasteiger partial charge on any atom is 0.364 e. The Kier molecular flexibility index (Phi) is 13.3. The van der Waals surface area contributed by atoms with Gasteiger partial charge in [0.25, 0.3) is 11.7 Å². The first-order chi connectivity index (χ1) is 22.1. The lowest BCUT2D eigenvalue weighted by molar-refractivity contribution is -0.300. The number of benzene rings is 2. The number of hydrogen-bond acceptors (Lipinski definition) is 10. The first-order valence-corrected chi connectivity index (χ1v) is 16.1. The third kappa shape index (κ3) is 11.1. The van der Waals surface area contributed by atoms with Crippen molar-refractivity contribution in [2.75, 3.05) is 13.2 Å². The van der Waals surface area contributed by atoms with Crippen molar-refractivity contribution in [2.45, 2.75) is 75.2 Å². The minimum absolute atomic E-state index is 0.124. The molecule has 0 aromatic heterocycles. The van der Waals surface area contributed by atoms with Crippen LogP contribution >= 0.6 is 0 Å². The number of rotatable bonds is 17. The highest BCUT2D eigenvalue weighted by molar-refractivity contribution is 7.83. The van der Waals surface area contributed by atoms with Crippen LogP contribution in [0.15, 0.2) is 54.6 Å². The average Bonchev–Trinajstić information content (AvgIpc) is 3.01. The van der Waals surface area contributed by atoms with Crippen molar-refractivity contribution in [2.24, 2.45) is 0 Å². The van der Waals surface area contributed by atoms with E-state index in [1.54, 1.807) is 24.3 Å². The van der Waals surface area contributed by atoms with Crippen LogP contribution in [0.4, 0.5) is 0 Å². The van der Waals surface area contributed by atoms with Crippen molar-refractivity contribution >= 4 is 34.1 Å². The predicted molar refractivity (Wildman–Crippen MR) is 164 cm³/mol. The molecule has 0 saturated carbocycles. The first kappa shape index (κ1) is 37.5. The highest BCUT2D eigenvalue weighted by Gasteiger charge is 2.56. The van der Waals surface area contributed by atoms with E-state index in [1.807, 2.05) is 35.1 Å². The summed E-state index contributed by atoms with van der Waals surface area (Å²) in [6.07, 6.45) is -5.86. The average molecular weight is 682 g/mol. The Labute approximate surface area is 271 Å². The molecule has 0 spiro atoms. The summed E-state index contributed by atoms with van der Waals surface area (Å²) in [5.74, 6) is -6.76. The van der Waals surface area contributed by atoms with Crippen molar-refractivity contribution in [3.63, 3.8) is 0 Å². The summed E-state index contributed by atoms with van der Waals surface area (Å²) in [5, 5.41) is 45.8. The number of ether oxygens (including phenoxy) is 2. The molecule has 2 aromatic carbocycles. The molecule has 0 aliphatic carbocycles.